The molecule has 0 spiro atoms. The fourth-order valence-corrected chi connectivity index (χ4v) is 4.00. The second kappa shape index (κ2) is 10.8. The molecule has 2 amide bonds. The van der Waals surface area contributed by atoms with E-state index >= 15 is 0 Å². The third-order valence-corrected chi connectivity index (χ3v) is 5.88. The van der Waals surface area contributed by atoms with Crippen LogP contribution in [0.4, 0.5) is 35.2 Å². The van der Waals surface area contributed by atoms with E-state index in [1.54, 1.807) is 30.3 Å². The zero-order valence-corrected chi connectivity index (χ0v) is 19.9. The Bertz CT molecular complexity index is 1200. The molecule has 0 saturated carbocycles. The smallest absolute Gasteiger partial charge is 0.416 e. The van der Waals surface area contributed by atoms with E-state index in [0.717, 1.165) is 37.9 Å². The van der Waals surface area contributed by atoms with Crippen molar-refractivity contribution in [3.8, 4) is 11.6 Å². The van der Waals surface area contributed by atoms with Crippen LogP contribution in [0.3, 0.4) is 0 Å². The number of hydrogen-bond donors (Lipinski definition) is 3. The number of carbonyl (C=O) groups is 1. The first-order chi connectivity index (χ1) is 17.2. The number of amides is 2. The van der Waals surface area contributed by atoms with Crippen LogP contribution in [-0.2, 0) is 6.18 Å². The predicted octanol–water partition coefficient (Wildman–Crippen LogP) is 5.43. The van der Waals surface area contributed by atoms with Gasteiger partial charge in [0.15, 0.2) is 0 Å². The SMILES string of the molecule is CCC1CNCCN1c1cc(Oc2ccc(NC(=O)Nc3ccc(C)c(C(F)(F)F)c3)cc2)ncn1. The second-order valence-electron chi connectivity index (χ2n) is 8.41. The molecule has 2 aromatic carbocycles. The van der Waals surface area contributed by atoms with Crippen LogP contribution >= 0.6 is 0 Å². The highest BCUT2D eigenvalue weighted by atomic mass is 19.4. The molecular weight excluding hydrogens is 473 g/mol. The number of hydrogen-bond acceptors (Lipinski definition) is 6. The lowest BCUT2D eigenvalue weighted by atomic mass is 10.1. The highest BCUT2D eigenvalue weighted by Crippen LogP contribution is 2.33. The number of anilines is 3. The number of urea groups is 1. The van der Waals surface area contributed by atoms with E-state index in [-0.39, 0.29) is 11.3 Å². The second-order valence-corrected chi connectivity index (χ2v) is 8.41. The minimum atomic E-state index is -4.50. The van der Waals surface area contributed by atoms with Gasteiger partial charge < -0.3 is 25.6 Å². The average Bonchev–Trinajstić information content (AvgIpc) is 2.86. The van der Waals surface area contributed by atoms with Crippen LogP contribution in [0.1, 0.15) is 24.5 Å². The van der Waals surface area contributed by atoms with Gasteiger partial charge in [-0.1, -0.05) is 13.0 Å². The van der Waals surface area contributed by atoms with Crippen LogP contribution in [0.2, 0.25) is 0 Å². The largest absolute Gasteiger partial charge is 0.439 e. The summed E-state index contributed by atoms with van der Waals surface area (Å²) in [6.07, 6.45) is -2.04. The van der Waals surface area contributed by atoms with Crippen molar-refractivity contribution in [3.05, 3.63) is 66.0 Å². The molecular formula is C25H27F3N6O2. The standard InChI is InChI=1S/C25H27F3N6O2/c1-3-19-14-29-10-11-34(19)22-13-23(31-15-30-22)36-20-8-6-17(7-9-20)32-24(35)33-18-5-4-16(2)21(12-18)25(26,27)28/h4-9,12-13,15,19,29H,3,10-11,14H2,1-2H3,(H2,32,33,35). The van der Waals surface area contributed by atoms with Crippen molar-refractivity contribution in [2.24, 2.45) is 0 Å². The van der Waals surface area contributed by atoms with Crippen LogP contribution in [0.15, 0.2) is 54.9 Å². The van der Waals surface area contributed by atoms with E-state index < -0.39 is 17.8 Å². The van der Waals surface area contributed by atoms with Crippen LogP contribution in [0, 0.1) is 6.92 Å². The first-order valence-electron chi connectivity index (χ1n) is 11.6. The summed E-state index contributed by atoms with van der Waals surface area (Å²) >= 11 is 0. The van der Waals surface area contributed by atoms with Gasteiger partial charge in [0.1, 0.15) is 17.9 Å². The van der Waals surface area contributed by atoms with Crippen molar-refractivity contribution in [1.82, 2.24) is 15.3 Å². The molecule has 2 heterocycles. The van der Waals surface area contributed by atoms with Gasteiger partial charge in [-0.3, -0.25) is 0 Å². The van der Waals surface area contributed by atoms with Crippen molar-refractivity contribution in [1.29, 1.82) is 0 Å². The molecule has 1 atom stereocenters. The molecule has 8 nitrogen and oxygen atoms in total. The molecule has 190 valence electrons. The summed E-state index contributed by atoms with van der Waals surface area (Å²) in [7, 11) is 0. The lowest BCUT2D eigenvalue weighted by Crippen LogP contribution is -2.51. The minimum absolute atomic E-state index is 0.0414. The summed E-state index contributed by atoms with van der Waals surface area (Å²) in [5, 5.41) is 8.40. The third-order valence-electron chi connectivity index (χ3n) is 5.88. The molecule has 4 rings (SSSR count). The third kappa shape index (κ3) is 6.22. The number of rotatable bonds is 6. The number of carbonyl (C=O) groups excluding carboxylic acids is 1. The normalized spacial score (nSPS) is 15.9. The van der Waals surface area contributed by atoms with E-state index in [2.05, 4.69) is 37.7 Å². The summed E-state index contributed by atoms with van der Waals surface area (Å²) in [5.74, 6) is 1.70. The number of halogens is 3. The number of aryl methyl sites for hydroxylation is 1. The lowest BCUT2D eigenvalue weighted by molar-refractivity contribution is -0.138. The summed E-state index contributed by atoms with van der Waals surface area (Å²) in [5.41, 5.74) is -0.229. The van der Waals surface area contributed by atoms with E-state index in [9.17, 15) is 18.0 Å². The quantitative estimate of drug-likeness (QED) is 0.418. The highest BCUT2D eigenvalue weighted by molar-refractivity contribution is 5.99. The molecule has 11 heteroatoms. The first kappa shape index (κ1) is 25.2. The maximum Gasteiger partial charge on any atom is 0.416 e. The molecule has 3 N–H and O–H groups in total. The van der Waals surface area contributed by atoms with Crippen molar-refractivity contribution in [3.63, 3.8) is 0 Å². The molecule has 0 bridgehead atoms. The lowest BCUT2D eigenvalue weighted by Gasteiger charge is -2.36. The van der Waals surface area contributed by atoms with Crippen LogP contribution in [-0.4, -0.2) is 41.7 Å². The number of aromatic nitrogens is 2. The zero-order valence-electron chi connectivity index (χ0n) is 19.9. The number of alkyl halides is 3. The van der Waals surface area contributed by atoms with Crippen LogP contribution in [0.25, 0.3) is 0 Å². The van der Waals surface area contributed by atoms with Gasteiger partial charge in [0.25, 0.3) is 0 Å². The minimum Gasteiger partial charge on any atom is -0.439 e. The maximum absolute atomic E-state index is 13.1. The summed E-state index contributed by atoms with van der Waals surface area (Å²) in [4.78, 5) is 23.1. The Morgan fingerprint density at radius 2 is 1.83 bits per heavy atom. The monoisotopic (exact) mass is 500 g/mol. The van der Waals surface area contributed by atoms with E-state index in [0.29, 0.717) is 23.4 Å². The number of nitrogens with one attached hydrogen (secondary N) is 3. The Morgan fingerprint density at radius 1 is 1.11 bits per heavy atom. The number of nitrogens with zero attached hydrogens (tertiary/aromatic N) is 3. The van der Waals surface area contributed by atoms with Gasteiger partial charge in [0.2, 0.25) is 5.88 Å². The molecule has 3 aromatic rings. The van der Waals surface area contributed by atoms with Gasteiger partial charge in [-0.25, -0.2) is 14.8 Å². The molecule has 1 unspecified atom stereocenters. The molecule has 1 saturated heterocycles. The average molecular weight is 501 g/mol. The van der Waals surface area contributed by atoms with E-state index in [1.807, 2.05) is 0 Å². The van der Waals surface area contributed by atoms with Crippen molar-refractivity contribution < 1.29 is 22.7 Å². The first-order valence-corrected chi connectivity index (χ1v) is 11.6. The topological polar surface area (TPSA) is 91.4 Å². The Kier molecular flexibility index (Phi) is 7.58. The van der Waals surface area contributed by atoms with Crippen LogP contribution < -0.4 is 25.6 Å². The Labute approximate surface area is 206 Å². The van der Waals surface area contributed by atoms with Gasteiger partial charge in [-0.05, 0) is 55.3 Å². The molecule has 1 aliphatic heterocycles. The molecule has 1 fully saturated rings. The Morgan fingerprint density at radius 3 is 2.56 bits per heavy atom. The molecule has 0 aliphatic carbocycles. The van der Waals surface area contributed by atoms with Gasteiger partial charge in [0.05, 0.1) is 5.56 Å². The fourth-order valence-electron chi connectivity index (χ4n) is 4.00. The van der Waals surface area contributed by atoms with Gasteiger partial charge >= 0.3 is 12.2 Å². The highest BCUT2D eigenvalue weighted by Gasteiger charge is 2.32. The van der Waals surface area contributed by atoms with Crippen LogP contribution in [0.5, 0.6) is 11.6 Å². The molecule has 1 aromatic heterocycles. The number of benzene rings is 2. The summed E-state index contributed by atoms with van der Waals surface area (Å²) < 4.78 is 45.2. The molecule has 36 heavy (non-hydrogen) atoms. The number of ether oxygens (including phenoxy) is 1. The fraction of sp³-hybridized carbons (Fsp3) is 0.320. The molecule has 1 aliphatic rings. The maximum atomic E-state index is 13.1. The van der Waals surface area contributed by atoms with Gasteiger partial charge in [0, 0.05) is 43.1 Å². The van der Waals surface area contributed by atoms with Gasteiger partial charge in [-0.2, -0.15) is 13.2 Å². The van der Waals surface area contributed by atoms with Crippen molar-refractivity contribution >= 4 is 23.2 Å². The van der Waals surface area contributed by atoms with E-state index in [4.69, 9.17) is 4.74 Å². The van der Waals surface area contributed by atoms with Gasteiger partial charge in [-0.15, -0.1) is 0 Å². The summed E-state index contributed by atoms with van der Waals surface area (Å²) in [6, 6.07) is 11.7. The van der Waals surface area contributed by atoms with E-state index in [1.165, 1.54) is 25.4 Å². The Balaban J connectivity index is 1.37. The number of piperazine rings is 1. The summed E-state index contributed by atoms with van der Waals surface area (Å²) in [6.45, 7) is 6.13. The molecule has 0 radical (unpaired) electrons. The predicted molar refractivity (Wildman–Crippen MR) is 132 cm³/mol. The van der Waals surface area contributed by atoms with Crippen molar-refractivity contribution in [2.75, 3.05) is 35.2 Å². The zero-order chi connectivity index (χ0) is 25.7. The Hall–Kier alpha value is -3.86. The van der Waals surface area contributed by atoms with Crippen molar-refractivity contribution in [2.45, 2.75) is 32.5 Å².